The fourth-order valence-corrected chi connectivity index (χ4v) is 2.18. The second-order valence-electron chi connectivity index (χ2n) is 5.99. The van der Waals surface area contributed by atoms with Crippen molar-refractivity contribution in [3.05, 3.63) is 41.3 Å². The first-order valence-corrected chi connectivity index (χ1v) is 6.42. The summed E-state index contributed by atoms with van der Waals surface area (Å²) in [6, 6.07) is 6.36. The van der Waals surface area contributed by atoms with Crippen molar-refractivity contribution in [3.8, 4) is 11.3 Å². The van der Waals surface area contributed by atoms with Crippen molar-refractivity contribution in [2.75, 3.05) is 0 Å². The molecule has 0 bridgehead atoms. The van der Waals surface area contributed by atoms with Crippen LogP contribution in [0.4, 0.5) is 0 Å². The van der Waals surface area contributed by atoms with Crippen LogP contribution in [0.1, 0.15) is 42.4 Å². The lowest BCUT2D eigenvalue weighted by Gasteiger charge is -2.20. The van der Waals surface area contributed by atoms with Gasteiger partial charge in [0.25, 0.3) is 0 Å². The van der Waals surface area contributed by atoms with Crippen LogP contribution in [0.5, 0.6) is 0 Å². The molecule has 1 aromatic carbocycles. The lowest BCUT2D eigenvalue weighted by Crippen LogP contribution is -2.11. The highest BCUT2D eigenvalue weighted by atomic mass is 16.1. The predicted octanol–water partition coefficient (Wildman–Crippen LogP) is 3.51. The van der Waals surface area contributed by atoms with Crippen LogP contribution in [0.2, 0.25) is 0 Å². The van der Waals surface area contributed by atoms with Crippen LogP contribution in [-0.2, 0) is 12.5 Å². The Bertz CT molecular complexity index is 618. The van der Waals surface area contributed by atoms with Gasteiger partial charge in [-0.25, -0.2) is 4.98 Å². The van der Waals surface area contributed by atoms with E-state index in [1.165, 1.54) is 5.56 Å². The SMILES string of the molecule is Cc1cc(C(C)(C)C)ccc1-c1ncn(C)c1C=O. The molecule has 1 heterocycles. The maximum Gasteiger partial charge on any atom is 0.168 e. The third-order valence-electron chi connectivity index (χ3n) is 3.44. The highest BCUT2D eigenvalue weighted by Crippen LogP contribution is 2.29. The highest BCUT2D eigenvalue weighted by Gasteiger charge is 2.17. The van der Waals surface area contributed by atoms with Gasteiger partial charge in [-0.1, -0.05) is 39.0 Å². The van der Waals surface area contributed by atoms with E-state index in [2.05, 4.69) is 50.9 Å². The van der Waals surface area contributed by atoms with Gasteiger partial charge in [-0.2, -0.15) is 0 Å². The van der Waals surface area contributed by atoms with Crippen molar-refractivity contribution in [1.29, 1.82) is 0 Å². The van der Waals surface area contributed by atoms with Crippen LogP contribution in [-0.4, -0.2) is 15.8 Å². The van der Waals surface area contributed by atoms with Gasteiger partial charge in [0.2, 0.25) is 0 Å². The Morgan fingerprint density at radius 1 is 1.26 bits per heavy atom. The molecule has 2 rings (SSSR count). The zero-order valence-corrected chi connectivity index (χ0v) is 12.2. The monoisotopic (exact) mass is 256 g/mol. The van der Waals surface area contributed by atoms with E-state index < -0.39 is 0 Å². The number of aldehydes is 1. The van der Waals surface area contributed by atoms with E-state index in [1.54, 1.807) is 10.9 Å². The number of carbonyl (C=O) groups excluding carboxylic acids is 1. The second kappa shape index (κ2) is 4.65. The molecule has 0 aliphatic heterocycles. The summed E-state index contributed by atoms with van der Waals surface area (Å²) in [5.41, 5.74) is 4.96. The summed E-state index contributed by atoms with van der Waals surface area (Å²) in [5, 5.41) is 0. The Balaban J connectivity index is 2.55. The van der Waals surface area contributed by atoms with Gasteiger partial charge in [0, 0.05) is 12.6 Å². The van der Waals surface area contributed by atoms with Crippen molar-refractivity contribution in [2.24, 2.45) is 7.05 Å². The smallest absolute Gasteiger partial charge is 0.168 e. The van der Waals surface area contributed by atoms with Crippen LogP contribution in [0.15, 0.2) is 24.5 Å². The number of hydrogen-bond acceptors (Lipinski definition) is 2. The molecule has 0 aliphatic rings. The van der Waals surface area contributed by atoms with Gasteiger partial charge < -0.3 is 4.57 Å². The van der Waals surface area contributed by atoms with Crippen LogP contribution < -0.4 is 0 Å². The van der Waals surface area contributed by atoms with Gasteiger partial charge in [-0.3, -0.25) is 4.79 Å². The standard InChI is InChI=1S/C16H20N2O/c1-11-8-12(16(2,3)4)6-7-13(11)15-14(9-19)18(5)10-17-15/h6-10H,1-5H3. The first kappa shape index (κ1) is 13.5. The average molecular weight is 256 g/mol. The number of hydrogen-bond donors (Lipinski definition) is 0. The normalized spacial score (nSPS) is 11.6. The number of carbonyl (C=O) groups is 1. The molecule has 0 saturated carbocycles. The van der Waals surface area contributed by atoms with Crippen molar-refractivity contribution < 1.29 is 4.79 Å². The van der Waals surface area contributed by atoms with E-state index in [1.807, 2.05) is 7.05 Å². The number of rotatable bonds is 2. The van der Waals surface area contributed by atoms with E-state index >= 15 is 0 Å². The van der Waals surface area contributed by atoms with Crippen LogP contribution in [0.3, 0.4) is 0 Å². The fraction of sp³-hybridized carbons (Fsp3) is 0.375. The van der Waals surface area contributed by atoms with Crippen LogP contribution >= 0.6 is 0 Å². The zero-order chi connectivity index (χ0) is 14.2. The molecule has 2 aromatic rings. The topological polar surface area (TPSA) is 34.9 Å². The summed E-state index contributed by atoms with van der Waals surface area (Å²) in [7, 11) is 1.83. The molecular formula is C16H20N2O. The van der Waals surface area contributed by atoms with Crippen molar-refractivity contribution in [2.45, 2.75) is 33.1 Å². The number of nitrogens with zero attached hydrogens (tertiary/aromatic N) is 2. The molecular weight excluding hydrogens is 236 g/mol. The number of aromatic nitrogens is 2. The largest absolute Gasteiger partial charge is 0.331 e. The van der Waals surface area contributed by atoms with Gasteiger partial charge in [-0.15, -0.1) is 0 Å². The lowest BCUT2D eigenvalue weighted by molar-refractivity contribution is 0.111. The van der Waals surface area contributed by atoms with Gasteiger partial charge in [0.15, 0.2) is 6.29 Å². The molecule has 19 heavy (non-hydrogen) atoms. The van der Waals surface area contributed by atoms with Crippen molar-refractivity contribution in [1.82, 2.24) is 9.55 Å². The Hall–Kier alpha value is -1.90. The summed E-state index contributed by atoms with van der Waals surface area (Å²) < 4.78 is 1.75. The first-order chi connectivity index (χ1) is 8.84. The van der Waals surface area contributed by atoms with Gasteiger partial charge in [-0.05, 0) is 23.5 Å². The minimum absolute atomic E-state index is 0.126. The van der Waals surface area contributed by atoms with E-state index in [9.17, 15) is 4.79 Å². The molecule has 0 spiro atoms. The summed E-state index contributed by atoms with van der Waals surface area (Å²) >= 11 is 0. The molecule has 0 saturated heterocycles. The molecule has 3 heteroatoms. The third kappa shape index (κ3) is 2.46. The van der Waals surface area contributed by atoms with E-state index in [0.29, 0.717) is 5.69 Å². The average Bonchev–Trinajstić information content (AvgIpc) is 2.69. The van der Waals surface area contributed by atoms with Gasteiger partial charge in [0.05, 0.1) is 12.0 Å². The third-order valence-corrected chi connectivity index (χ3v) is 3.44. The molecule has 0 radical (unpaired) electrons. The van der Waals surface area contributed by atoms with Crippen molar-refractivity contribution >= 4 is 6.29 Å². The fourth-order valence-electron chi connectivity index (χ4n) is 2.18. The Kier molecular flexibility index (Phi) is 3.31. The predicted molar refractivity (Wildman–Crippen MR) is 77.5 cm³/mol. The Morgan fingerprint density at radius 3 is 2.47 bits per heavy atom. The summed E-state index contributed by atoms with van der Waals surface area (Å²) in [5.74, 6) is 0. The van der Waals surface area contributed by atoms with Gasteiger partial charge in [0.1, 0.15) is 5.69 Å². The quantitative estimate of drug-likeness (QED) is 0.771. The van der Waals surface area contributed by atoms with Crippen LogP contribution in [0, 0.1) is 6.92 Å². The molecule has 0 atom stereocenters. The van der Waals surface area contributed by atoms with E-state index in [0.717, 1.165) is 23.1 Å². The number of aryl methyl sites for hydroxylation is 2. The molecule has 0 unspecified atom stereocenters. The number of benzene rings is 1. The highest BCUT2D eigenvalue weighted by molar-refractivity contribution is 5.84. The van der Waals surface area contributed by atoms with E-state index in [4.69, 9.17) is 0 Å². The van der Waals surface area contributed by atoms with E-state index in [-0.39, 0.29) is 5.41 Å². The number of imidazole rings is 1. The molecule has 3 nitrogen and oxygen atoms in total. The maximum atomic E-state index is 11.2. The minimum Gasteiger partial charge on any atom is -0.331 e. The molecule has 0 fully saturated rings. The lowest BCUT2D eigenvalue weighted by atomic mass is 9.85. The molecule has 0 aliphatic carbocycles. The van der Waals surface area contributed by atoms with Crippen LogP contribution in [0.25, 0.3) is 11.3 Å². The molecule has 100 valence electrons. The molecule has 0 N–H and O–H groups in total. The summed E-state index contributed by atoms with van der Waals surface area (Å²) in [6.07, 6.45) is 2.54. The summed E-state index contributed by atoms with van der Waals surface area (Å²) in [4.78, 5) is 15.5. The van der Waals surface area contributed by atoms with Gasteiger partial charge >= 0.3 is 0 Å². The zero-order valence-electron chi connectivity index (χ0n) is 12.2. The minimum atomic E-state index is 0.126. The Labute approximate surface area is 114 Å². The molecule has 0 amide bonds. The Morgan fingerprint density at radius 2 is 1.95 bits per heavy atom. The molecule has 1 aromatic heterocycles. The first-order valence-electron chi connectivity index (χ1n) is 6.42. The second-order valence-corrected chi connectivity index (χ2v) is 5.99. The summed E-state index contributed by atoms with van der Waals surface area (Å²) in [6.45, 7) is 8.64. The maximum absolute atomic E-state index is 11.2. The van der Waals surface area contributed by atoms with Crippen molar-refractivity contribution in [3.63, 3.8) is 0 Å².